The van der Waals surface area contributed by atoms with Crippen LogP contribution in [0, 0.1) is 0 Å². The van der Waals surface area contributed by atoms with Crippen LogP contribution in [0.1, 0.15) is 12.1 Å². The first-order valence-electron chi connectivity index (χ1n) is 8.01. The molecule has 0 unspecified atom stereocenters. The Balaban J connectivity index is 1.66. The first-order valence-corrected chi connectivity index (χ1v) is 8.89. The third kappa shape index (κ3) is 3.42. The predicted octanol–water partition coefficient (Wildman–Crippen LogP) is 3.64. The highest BCUT2D eigenvalue weighted by molar-refractivity contribution is 14.1. The Bertz CT molecular complexity index is 890. The van der Waals surface area contributed by atoms with E-state index in [2.05, 4.69) is 31.8 Å². The standard InChI is InChI=1S/C18H16IN5O/c19-25-18-9-13(14-10-21-22-11-14)1-2-15(18)17-4-3-16(23-24-17)12-5-7-20-8-6-12/h1-5,9-11,20H,6-8H2,(H,21,22). The summed E-state index contributed by atoms with van der Waals surface area (Å²) in [5.41, 5.74) is 5.95. The molecule has 2 N–H and O–H groups in total. The molecule has 0 spiro atoms. The molecule has 1 aliphatic rings. The molecule has 0 saturated carbocycles. The van der Waals surface area contributed by atoms with E-state index in [-0.39, 0.29) is 0 Å². The van der Waals surface area contributed by atoms with E-state index in [1.54, 1.807) is 6.20 Å². The summed E-state index contributed by atoms with van der Waals surface area (Å²) in [6.07, 6.45) is 6.79. The number of H-pyrrole nitrogens is 1. The van der Waals surface area contributed by atoms with E-state index >= 15 is 0 Å². The minimum absolute atomic E-state index is 0.752. The molecule has 0 amide bonds. The van der Waals surface area contributed by atoms with Gasteiger partial charge in [-0.3, -0.25) is 5.10 Å². The normalized spacial score (nSPS) is 14.2. The maximum atomic E-state index is 5.54. The second-order valence-corrected chi connectivity index (χ2v) is 6.20. The van der Waals surface area contributed by atoms with Gasteiger partial charge in [-0.15, -0.1) is 5.10 Å². The smallest absolute Gasteiger partial charge is 0.192 e. The van der Waals surface area contributed by atoms with E-state index in [4.69, 9.17) is 3.07 Å². The number of hydrogen-bond donors (Lipinski definition) is 2. The number of nitrogens with one attached hydrogen (secondary N) is 2. The third-order valence-electron chi connectivity index (χ3n) is 4.23. The van der Waals surface area contributed by atoms with Gasteiger partial charge in [0.25, 0.3) is 0 Å². The predicted molar refractivity (Wildman–Crippen MR) is 105 cm³/mol. The summed E-state index contributed by atoms with van der Waals surface area (Å²) >= 11 is 1.89. The fourth-order valence-corrected chi connectivity index (χ4v) is 3.25. The summed E-state index contributed by atoms with van der Waals surface area (Å²) < 4.78 is 5.54. The molecule has 3 heterocycles. The van der Waals surface area contributed by atoms with Gasteiger partial charge < -0.3 is 8.38 Å². The number of rotatable bonds is 4. The SMILES string of the molecule is IOc1cc(-c2cn[nH]c2)ccc1-c1ccc(C2=CCNCC2)nn1. The molecule has 1 aliphatic heterocycles. The van der Waals surface area contributed by atoms with Gasteiger partial charge in [-0.2, -0.15) is 10.2 Å². The van der Waals surface area contributed by atoms with Crippen molar-refractivity contribution in [2.45, 2.75) is 6.42 Å². The summed E-state index contributed by atoms with van der Waals surface area (Å²) in [5, 5.41) is 18.9. The molecule has 2 aromatic heterocycles. The van der Waals surface area contributed by atoms with E-state index in [1.165, 1.54) is 5.57 Å². The van der Waals surface area contributed by atoms with Crippen LogP contribution in [0.4, 0.5) is 0 Å². The van der Waals surface area contributed by atoms with E-state index in [0.29, 0.717) is 0 Å². The van der Waals surface area contributed by atoms with Gasteiger partial charge in [0.1, 0.15) is 5.75 Å². The molecular weight excluding hydrogens is 429 g/mol. The molecule has 0 radical (unpaired) electrons. The van der Waals surface area contributed by atoms with Crippen molar-refractivity contribution in [2.24, 2.45) is 0 Å². The molecule has 0 bridgehead atoms. The number of aromatic nitrogens is 4. The minimum atomic E-state index is 0.752. The number of halogens is 1. The zero-order chi connectivity index (χ0) is 17.1. The van der Waals surface area contributed by atoms with Crippen molar-refractivity contribution in [1.82, 2.24) is 25.7 Å². The van der Waals surface area contributed by atoms with Crippen molar-refractivity contribution < 1.29 is 3.07 Å². The molecule has 126 valence electrons. The van der Waals surface area contributed by atoms with Gasteiger partial charge in [0.05, 0.1) is 17.6 Å². The number of hydrogen-bond acceptors (Lipinski definition) is 5. The van der Waals surface area contributed by atoms with Crippen LogP contribution < -0.4 is 8.38 Å². The zero-order valence-corrected chi connectivity index (χ0v) is 15.5. The maximum absolute atomic E-state index is 5.54. The summed E-state index contributed by atoms with van der Waals surface area (Å²) in [4.78, 5) is 0. The van der Waals surface area contributed by atoms with Crippen LogP contribution in [0.15, 0.2) is 48.8 Å². The highest BCUT2D eigenvalue weighted by Crippen LogP contribution is 2.34. The molecule has 25 heavy (non-hydrogen) atoms. The minimum Gasteiger partial charge on any atom is -0.427 e. The van der Waals surface area contributed by atoms with Crippen LogP contribution in [-0.4, -0.2) is 33.5 Å². The highest BCUT2D eigenvalue weighted by Gasteiger charge is 2.13. The molecule has 0 aliphatic carbocycles. The summed E-state index contributed by atoms with van der Waals surface area (Å²) in [6.45, 7) is 1.87. The second kappa shape index (κ2) is 7.32. The topological polar surface area (TPSA) is 75.7 Å². The van der Waals surface area contributed by atoms with Gasteiger partial charge in [-0.1, -0.05) is 12.1 Å². The van der Waals surface area contributed by atoms with Crippen molar-refractivity contribution in [1.29, 1.82) is 0 Å². The van der Waals surface area contributed by atoms with Crippen LogP contribution in [0.25, 0.3) is 28.0 Å². The molecule has 0 fully saturated rings. The lowest BCUT2D eigenvalue weighted by Crippen LogP contribution is -2.20. The Hall–Kier alpha value is -2.26. The van der Waals surface area contributed by atoms with Crippen LogP contribution in [-0.2, 0) is 0 Å². The largest absolute Gasteiger partial charge is 0.427 e. The van der Waals surface area contributed by atoms with Crippen LogP contribution in [0.2, 0.25) is 0 Å². The lowest BCUT2D eigenvalue weighted by atomic mass is 10.0. The van der Waals surface area contributed by atoms with Crippen molar-refractivity contribution in [3.8, 4) is 28.1 Å². The van der Waals surface area contributed by atoms with E-state index in [9.17, 15) is 0 Å². The first-order chi connectivity index (χ1) is 12.3. The Kier molecular flexibility index (Phi) is 4.75. The summed E-state index contributed by atoms with van der Waals surface area (Å²) in [7, 11) is 0. The lowest BCUT2D eigenvalue weighted by molar-refractivity contribution is 0.718. The van der Waals surface area contributed by atoms with Crippen molar-refractivity contribution in [3.05, 3.63) is 54.5 Å². The number of aromatic amines is 1. The maximum Gasteiger partial charge on any atom is 0.192 e. The molecule has 1 aromatic carbocycles. The Morgan fingerprint density at radius 1 is 1.04 bits per heavy atom. The molecule has 7 heteroatoms. The monoisotopic (exact) mass is 445 g/mol. The molecule has 0 saturated heterocycles. The van der Waals surface area contributed by atoms with Gasteiger partial charge in [0.15, 0.2) is 23.0 Å². The van der Waals surface area contributed by atoms with Crippen LogP contribution in [0.3, 0.4) is 0 Å². The van der Waals surface area contributed by atoms with Gasteiger partial charge >= 0.3 is 0 Å². The summed E-state index contributed by atoms with van der Waals surface area (Å²) in [5.74, 6) is 0.752. The van der Waals surface area contributed by atoms with Crippen molar-refractivity contribution in [2.75, 3.05) is 13.1 Å². The van der Waals surface area contributed by atoms with Crippen molar-refractivity contribution in [3.63, 3.8) is 0 Å². The zero-order valence-electron chi connectivity index (χ0n) is 13.4. The number of benzene rings is 1. The van der Waals surface area contributed by atoms with Gasteiger partial charge in [-0.25, -0.2) is 0 Å². The Morgan fingerprint density at radius 3 is 2.60 bits per heavy atom. The van der Waals surface area contributed by atoms with Crippen LogP contribution >= 0.6 is 23.0 Å². The molecule has 4 rings (SSSR count). The molecular formula is C18H16IN5O. The second-order valence-electron chi connectivity index (χ2n) is 5.76. The van der Waals surface area contributed by atoms with E-state index < -0.39 is 0 Å². The van der Waals surface area contributed by atoms with E-state index in [0.717, 1.165) is 53.3 Å². The number of nitrogens with zero attached hydrogens (tertiary/aromatic N) is 3. The average molecular weight is 445 g/mol. The molecule has 6 nitrogen and oxygen atoms in total. The highest BCUT2D eigenvalue weighted by atomic mass is 127. The average Bonchev–Trinajstić information content (AvgIpc) is 3.23. The fraction of sp³-hybridized carbons (Fsp3) is 0.167. The molecule has 3 aromatic rings. The van der Waals surface area contributed by atoms with E-state index in [1.807, 2.05) is 59.5 Å². The van der Waals surface area contributed by atoms with Crippen molar-refractivity contribution >= 4 is 28.6 Å². The van der Waals surface area contributed by atoms with Gasteiger partial charge in [-0.05, 0) is 48.4 Å². The molecule has 0 atom stereocenters. The Morgan fingerprint density at radius 2 is 1.92 bits per heavy atom. The Labute approximate surface area is 159 Å². The quantitative estimate of drug-likeness (QED) is 0.600. The van der Waals surface area contributed by atoms with Gasteiger partial charge in [0.2, 0.25) is 0 Å². The third-order valence-corrected chi connectivity index (χ3v) is 4.70. The lowest BCUT2D eigenvalue weighted by Gasteiger charge is -2.13. The first kappa shape index (κ1) is 16.2. The summed E-state index contributed by atoms with van der Waals surface area (Å²) in [6, 6.07) is 10.0. The van der Waals surface area contributed by atoms with Gasteiger partial charge in [0, 0.05) is 23.9 Å². The van der Waals surface area contributed by atoms with Crippen LogP contribution in [0.5, 0.6) is 5.75 Å². The fourth-order valence-electron chi connectivity index (χ4n) is 2.89.